The number of piperidine rings is 2. The first-order valence-corrected chi connectivity index (χ1v) is 16.4. The number of anilines is 1. The van der Waals surface area contributed by atoms with Crippen molar-refractivity contribution in [2.24, 2.45) is 5.41 Å². The molecule has 1 saturated carbocycles. The van der Waals surface area contributed by atoms with Crippen molar-refractivity contribution in [3.8, 4) is 11.5 Å². The van der Waals surface area contributed by atoms with Gasteiger partial charge in [-0.15, -0.1) is 0 Å². The second-order valence-electron chi connectivity index (χ2n) is 13.1. The molecule has 6 rings (SSSR count). The maximum Gasteiger partial charge on any atom is 0.414 e. The van der Waals surface area contributed by atoms with Crippen LogP contribution in [0.4, 0.5) is 10.5 Å². The molecule has 1 N–H and O–H groups in total. The number of rotatable bonds is 9. The highest BCUT2D eigenvalue weighted by Crippen LogP contribution is 2.44. The van der Waals surface area contributed by atoms with Crippen molar-refractivity contribution in [1.29, 1.82) is 0 Å². The van der Waals surface area contributed by atoms with Crippen molar-refractivity contribution < 1.29 is 38.5 Å². The molecule has 0 unspecified atom stereocenters. The van der Waals surface area contributed by atoms with Crippen molar-refractivity contribution in [1.82, 2.24) is 9.80 Å². The summed E-state index contributed by atoms with van der Waals surface area (Å²) in [6.07, 6.45) is 6.11. The van der Waals surface area contributed by atoms with E-state index in [1.165, 1.54) is 7.11 Å². The lowest BCUT2D eigenvalue weighted by Gasteiger charge is -2.40. The molecule has 246 valence electrons. The van der Waals surface area contributed by atoms with Crippen LogP contribution in [-0.4, -0.2) is 84.2 Å². The monoisotopic (exact) mass is 633 g/mol. The minimum atomic E-state index is -0.831. The van der Waals surface area contributed by atoms with E-state index in [9.17, 15) is 24.3 Å². The summed E-state index contributed by atoms with van der Waals surface area (Å²) >= 11 is 0. The van der Waals surface area contributed by atoms with Gasteiger partial charge in [-0.05, 0) is 49.3 Å². The zero-order valence-corrected chi connectivity index (χ0v) is 26.4. The predicted octanol–water partition coefficient (Wildman–Crippen LogP) is 5.25. The fourth-order valence-corrected chi connectivity index (χ4v) is 7.65. The highest BCUT2D eigenvalue weighted by Gasteiger charge is 2.40. The van der Waals surface area contributed by atoms with Crippen LogP contribution in [0.1, 0.15) is 80.1 Å². The summed E-state index contributed by atoms with van der Waals surface area (Å²) in [5.74, 6) is 0.118. The third-order valence-corrected chi connectivity index (χ3v) is 10.1. The Balaban J connectivity index is 1.02. The molecule has 3 amide bonds. The van der Waals surface area contributed by atoms with Crippen LogP contribution in [0.5, 0.6) is 11.5 Å². The Labute approximate surface area is 269 Å². The first kappa shape index (κ1) is 31.7. The van der Waals surface area contributed by atoms with Gasteiger partial charge in [0.15, 0.2) is 0 Å². The van der Waals surface area contributed by atoms with Crippen molar-refractivity contribution in [3.05, 3.63) is 53.6 Å². The number of likely N-dealkylation sites (tertiary alicyclic amines) is 2. The molecule has 3 heterocycles. The summed E-state index contributed by atoms with van der Waals surface area (Å²) in [4.78, 5) is 56.2. The summed E-state index contributed by atoms with van der Waals surface area (Å²) in [6.45, 7) is 2.42. The van der Waals surface area contributed by atoms with Crippen molar-refractivity contribution in [3.63, 3.8) is 0 Å². The van der Waals surface area contributed by atoms with Crippen molar-refractivity contribution in [2.75, 3.05) is 38.2 Å². The zero-order chi connectivity index (χ0) is 32.3. The molecule has 3 aliphatic heterocycles. The van der Waals surface area contributed by atoms with Gasteiger partial charge in [0.2, 0.25) is 5.91 Å². The van der Waals surface area contributed by atoms with Gasteiger partial charge in [-0.2, -0.15) is 0 Å². The number of ether oxygens (including phenoxy) is 3. The maximum absolute atomic E-state index is 13.6. The molecule has 2 saturated heterocycles. The first-order chi connectivity index (χ1) is 22.2. The third-order valence-electron chi connectivity index (χ3n) is 10.1. The van der Waals surface area contributed by atoms with Gasteiger partial charge in [-0.3, -0.25) is 19.3 Å². The summed E-state index contributed by atoms with van der Waals surface area (Å²) in [6, 6.07) is 13.0. The van der Waals surface area contributed by atoms with Crippen LogP contribution >= 0.6 is 0 Å². The fraction of sp³-hybridized carbons (Fsp3) is 0.543. The Morgan fingerprint density at radius 1 is 0.935 bits per heavy atom. The average molecular weight is 634 g/mol. The Kier molecular flexibility index (Phi) is 9.37. The quantitative estimate of drug-likeness (QED) is 0.397. The third kappa shape index (κ3) is 6.78. The zero-order valence-electron chi connectivity index (χ0n) is 26.4. The van der Waals surface area contributed by atoms with Crippen LogP contribution in [-0.2, 0) is 20.9 Å². The molecule has 2 aromatic rings. The molecule has 11 nitrogen and oxygen atoms in total. The van der Waals surface area contributed by atoms with E-state index in [4.69, 9.17) is 14.2 Å². The highest BCUT2D eigenvalue weighted by atomic mass is 16.6. The average Bonchev–Trinajstić information content (AvgIpc) is 3.51. The molecule has 11 heteroatoms. The number of hydrogen-bond acceptors (Lipinski definition) is 7. The summed E-state index contributed by atoms with van der Waals surface area (Å²) in [7, 11) is 1.53. The number of aliphatic carboxylic acids is 1. The molecule has 1 aliphatic carbocycles. The summed E-state index contributed by atoms with van der Waals surface area (Å²) < 4.78 is 17.3. The number of nitrogens with zero attached hydrogens (tertiary/aromatic N) is 3. The Bertz CT molecular complexity index is 1460. The van der Waals surface area contributed by atoms with Gasteiger partial charge in [-0.25, -0.2) is 4.79 Å². The van der Waals surface area contributed by atoms with Gasteiger partial charge in [0.1, 0.15) is 24.2 Å². The molecule has 0 spiro atoms. The molecule has 46 heavy (non-hydrogen) atoms. The standard InChI is InChI=1S/C35H43N3O8/c1-44-30-20-27(46-26-12-18-36(19-13-26)31(39)21-35(22-32(40)41)14-4-5-15-35)8-9-28(30)33(42)37-16-10-25(11-17-37)38-29-7-3-2-6-24(29)23-45-34(38)43/h2-3,6-9,20,25-26H,4-5,10-19,21-23H2,1H3,(H,40,41). The number of hydrogen-bond donors (Lipinski definition) is 1. The summed E-state index contributed by atoms with van der Waals surface area (Å²) in [5.41, 5.74) is 1.91. The number of fused-ring (bicyclic) bond motifs is 1. The van der Waals surface area contributed by atoms with E-state index in [2.05, 4.69) is 0 Å². The number of cyclic esters (lactones) is 1. The van der Waals surface area contributed by atoms with Crippen molar-refractivity contribution in [2.45, 2.75) is 83.0 Å². The number of benzene rings is 2. The Hall–Kier alpha value is -4.28. The number of methoxy groups -OCH3 is 1. The largest absolute Gasteiger partial charge is 0.496 e. The predicted molar refractivity (Wildman–Crippen MR) is 169 cm³/mol. The van der Waals surface area contributed by atoms with E-state index >= 15 is 0 Å². The number of carboxylic acids is 1. The smallest absolute Gasteiger partial charge is 0.414 e. The topological polar surface area (TPSA) is 126 Å². The van der Waals surface area contributed by atoms with Gasteiger partial charge >= 0.3 is 12.1 Å². The van der Waals surface area contributed by atoms with Crippen LogP contribution in [0.25, 0.3) is 0 Å². The molecule has 0 aromatic heterocycles. The number of amides is 3. The molecule has 3 fully saturated rings. The Morgan fingerprint density at radius 2 is 1.63 bits per heavy atom. The second kappa shape index (κ2) is 13.6. The molecule has 0 atom stereocenters. The van der Waals surface area contributed by atoms with Gasteiger partial charge in [0.05, 0.1) is 24.8 Å². The van der Waals surface area contributed by atoms with Crippen LogP contribution in [0.15, 0.2) is 42.5 Å². The lowest BCUT2D eigenvalue weighted by atomic mass is 9.79. The molecule has 0 radical (unpaired) electrons. The van der Waals surface area contributed by atoms with Crippen LogP contribution in [0.2, 0.25) is 0 Å². The van der Waals surface area contributed by atoms with Gasteiger partial charge in [0.25, 0.3) is 5.91 Å². The first-order valence-electron chi connectivity index (χ1n) is 16.4. The van der Waals surface area contributed by atoms with E-state index in [1.807, 2.05) is 29.2 Å². The highest BCUT2D eigenvalue weighted by molar-refractivity contribution is 5.97. The molecular weight excluding hydrogens is 590 g/mol. The second-order valence-corrected chi connectivity index (χ2v) is 13.1. The van der Waals surface area contributed by atoms with Gasteiger partial charge in [0, 0.05) is 63.1 Å². The minimum absolute atomic E-state index is 0.0378. The SMILES string of the molecule is COc1cc(OC2CCN(C(=O)CC3(CC(=O)O)CCCC3)CC2)ccc1C(=O)N1CCC(N2C(=O)OCc3ccccc32)CC1. The van der Waals surface area contributed by atoms with Crippen LogP contribution in [0.3, 0.4) is 0 Å². The van der Waals surface area contributed by atoms with E-state index in [-0.39, 0.29) is 43.1 Å². The van der Waals surface area contributed by atoms with Crippen molar-refractivity contribution >= 4 is 29.6 Å². The molecule has 0 bridgehead atoms. The van der Waals surface area contributed by atoms with E-state index in [0.29, 0.717) is 75.3 Å². The number of carboxylic acid groups (broad SMARTS) is 1. The van der Waals surface area contributed by atoms with E-state index < -0.39 is 11.4 Å². The number of para-hydroxylation sites is 1. The van der Waals surface area contributed by atoms with Gasteiger partial charge in [-0.1, -0.05) is 31.0 Å². The lowest BCUT2D eigenvalue weighted by Crippen LogP contribution is -2.50. The van der Waals surface area contributed by atoms with Gasteiger partial charge < -0.3 is 29.1 Å². The molecular formula is C35H43N3O8. The number of carbonyl (C=O) groups is 4. The van der Waals surface area contributed by atoms with Crippen LogP contribution < -0.4 is 14.4 Å². The normalized spacial score (nSPS) is 20.2. The van der Waals surface area contributed by atoms with Crippen LogP contribution in [0, 0.1) is 5.41 Å². The Morgan fingerprint density at radius 3 is 2.33 bits per heavy atom. The number of carbonyl (C=O) groups excluding carboxylic acids is 3. The molecule has 4 aliphatic rings. The lowest BCUT2D eigenvalue weighted by molar-refractivity contribution is -0.142. The summed E-state index contributed by atoms with van der Waals surface area (Å²) in [5, 5.41) is 9.39. The maximum atomic E-state index is 13.6. The molecule has 2 aromatic carbocycles. The minimum Gasteiger partial charge on any atom is -0.496 e. The van der Waals surface area contributed by atoms with E-state index in [0.717, 1.165) is 36.9 Å². The van der Waals surface area contributed by atoms with E-state index in [1.54, 1.807) is 28.0 Å². The fourth-order valence-electron chi connectivity index (χ4n) is 7.65.